The molecule has 2 aliphatic heterocycles. The average molecular weight is 655 g/mol. The van der Waals surface area contributed by atoms with Crippen molar-refractivity contribution in [3.8, 4) is 23.0 Å². The largest absolute Gasteiger partial charge is 0.497 e. The van der Waals surface area contributed by atoms with E-state index in [1.54, 1.807) is 60.4 Å². The number of methoxy groups -OCH3 is 1. The molecule has 46 heavy (non-hydrogen) atoms. The molecule has 0 aromatic heterocycles. The predicted octanol–water partition coefficient (Wildman–Crippen LogP) is 3.54. The summed E-state index contributed by atoms with van der Waals surface area (Å²) in [6.45, 7) is 3.72. The van der Waals surface area contributed by atoms with E-state index < -0.39 is 28.2 Å². The van der Waals surface area contributed by atoms with Gasteiger partial charge in [-0.1, -0.05) is 6.92 Å². The molecular weight excluding hydrogens is 616 g/mol. The van der Waals surface area contributed by atoms with Crippen LogP contribution in [-0.4, -0.2) is 87.5 Å². The number of sulfonamides is 1. The summed E-state index contributed by atoms with van der Waals surface area (Å²) in [5, 5.41) is 15.5. The van der Waals surface area contributed by atoms with E-state index in [-0.39, 0.29) is 49.6 Å². The van der Waals surface area contributed by atoms with Gasteiger partial charge in [0.05, 0.1) is 37.6 Å². The fraction of sp³-hybridized carbons (Fsp3) is 0.375. The molecule has 3 amide bonds. The number of fused-ring (bicyclic) bond motifs is 2. The maximum Gasteiger partial charge on any atom is 0.323 e. The van der Waals surface area contributed by atoms with Crippen molar-refractivity contribution < 1.29 is 42.1 Å². The number of benzene rings is 3. The third-order valence-electron chi connectivity index (χ3n) is 8.01. The van der Waals surface area contributed by atoms with Crippen molar-refractivity contribution in [1.82, 2.24) is 9.21 Å². The fourth-order valence-corrected chi connectivity index (χ4v) is 6.46. The molecule has 5 rings (SSSR count). The number of carbonyl (C=O) groups is 2. The Morgan fingerprint density at radius 1 is 1.04 bits per heavy atom. The molecule has 3 aromatic rings. The summed E-state index contributed by atoms with van der Waals surface area (Å²) in [6.07, 6.45) is -0.720. The Hall–Kier alpha value is -4.53. The van der Waals surface area contributed by atoms with Gasteiger partial charge in [-0.15, -0.1) is 0 Å². The summed E-state index contributed by atoms with van der Waals surface area (Å²) >= 11 is 0. The first kappa shape index (κ1) is 32.9. The van der Waals surface area contributed by atoms with Crippen molar-refractivity contribution >= 4 is 33.3 Å². The Morgan fingerprint density at radius 3 is 2.37 bits per heavy atom. The zero-order chi connectivity index (χ0) is 33.0. The van der Waals surface area contributed by atoms with Gasteiger partial charge in [-0.3, -0.25) is 4.79 Å². The first-order valence-corrected chi connectivity index (χ1v) is 16.2. The van der Waals surface area contributed by atoms with E-state index in [1.165, 1.54) is 30.6 Å². The third kappa shape index (κ3) is 7.30. The van der Waals surface area contributed by atoms with Crippen molar-refractivity contribution in [2.75, 3.05) is 51.3 Å². The second-order valence-electron chi connectivity index (χ2n) is 11.3. The van der Waals surface area contributed by atoms with Crippen LogP contribution in [0.3, 0.4) is 0 Å². The number of rotatable bonds is 9. The van der Waals surface area contributed by atoms with Gasteiger partial charge in [0.25, 0.3) is 0 Å². The second kappa shape index (κ2) is 13.8. The predicted molar refractivity (Wildman–Crippen MR) is 170 cm³/mol. The lowest BCUT2D eigenvalue weighted by molar-refractivity contribution is -0.134. The molecule has 3 aromatic carbocycles. The normalized spacial score (nSPS) is 18.5. The van der Waals surface area contributed by atoms with E-state index in [1.807, 2.05) is 6.92 Å². The maximum atomic E-state index is 13.5. The highest BCUT2D eigenvalue weighted by Crippen LogP contribution is 2.34. The Kier molecular flexibility index (Phi) is 9.89. The van der Waals surface area contributed by atoms with Crippen LogP contribution in [0.5, 0.6) is 23.0 Å². The lowest BCUT2D eigenvalue weighted by atomic mass is 10.0. The summed E-state index contributed by atoms with van der Waals surface area (Å²) in [4.78, 5) is 28.1. The van der Waals surface area contributed by atoms with Crippen molar-refractivity contribution in [2.24, 2.45) is 5.92 Å². The quantitative estimate of drug-likeness (QED) is 0.314. The topological polar surface area (TPSA) is 156 Å². The van der Waals surface area contributed by atoms with Gasteiger partial charge in [0.1, 0.15) is 17.6 Å². The van der Waals surface area contributed by atoms with Crippen molar-refractivity contribution in [3.63, 3.8) is 0 Å². The summed E-state index contributed by atoms with van der Waals surface area (Å²) in [5.41, 5.74) is 1.42. The van der Waals surface area contributed by atoms with Crippen LogP contribution in [0.25, 0.3) is 0 Å². The average Bonchev–Trinajstić information content (AvgIpc) is 3.52. The van der Waals surface area contributed by atoms with Crippen LogP contribution in [0.2, 0.25) is 0 Å². The van der Waals surface area contributed by atoms with E-state index >= 15 is 0 Å². The second-order valence-corrected chi connectivity index (χ2v) is 13.4. The molecule has 0 saturated heterocycles. The van der Waals surface area contributed by atoms with Gasteiger partial charge in [-0.05, 0) is 61.5 Å². The number of carbonyl (C=O) groups excluding carboxylic acids is 2. The number of hydrogen-bond acceptors (Lipinski definition) is 9. The number of aliphatic hydroxyl groups excluding tert-OH is 1. The van der Waals surface area contributed by atoms with Gasteiger partial charge < -0.3 is 39.6 Å². The summed E-state index contributed by atoms with van der Waals surface area (Å²) < 4.78 is 50.4. The molecule has 0 spiro atoms. The molecule has 0 saturated carbocycles. The van der Waals surface area contributed by atoms with E-state index in [2.05, 4.69) is 10.6 Å². The van der Waals surface area contributed by atoms with E-state index in [0.717, 1.165) is 0 Å². The number of ether oxygens (including phenoxy) is 4. The van der Waals surface area contributed by atoms with Gasteiger partial charge in [0.15, 0.2) is 11.5 Å². The van der Waals surface area contributed by atoms with Crippen LogP contribution >= 0.6 is 0 Å². The number of urea groups is 1. The highest BCUT2D eigenvalue weighted by Gasteiger charge is 2.33. The minimum atomic E-state index is -3.88. The van der Waals surface area contributed by atoms with E-state index in [4.69, 9.17) is 18.9 Å². The van der Waals surface area contributed by atoms with Gasteiger partial charge in [0, 0.05) is 42.5 Å². The number of anilines is 2. The molecule has 0 fully saturated rings. The minimum absolute atomic E-state index is 0.0115. The summed E-state index contributed by atoms with van der Waals surface area (Å²) in [7, 11) is -0.897. The van der Waals surface area contributed by atoms with E-state index in [0.29, 0.717) is 39.9 Å². The molecule has 14 heteroatoms. The van der Waals surface area contributed by atoms with Crippen LogP contribution in [0, 0.1) is 5.92 Å². The van der Waals surface area contributed by atoms with Crippen molar-refractivity contribution in [1.29, 1.82) is 0 Å². The number of nitrogens with zero attached hydrogens (tertiary/aromatic N) is 2. The van der Waals surface area contributed by atoms with E-state index in [9.17, 15) is 23.1 Å². The first-order chi connectivity index (χ1) is 22.0. The molecule has 3 N–H and O–H groups in total. The number of nitrogens with one attached hydrogen (secondary N) is 2. The Balaban J connectivity index is 1.38. The molecule has 0 bridgehead atoms. The molecule has 13 nitrogen and oxygen atoms in total. The number of aliphatic hydroxyl groups is 1. The molecule has 3 atom stereocenters. The molecule has 2 heterocycles. The Bertz CT molecular complexity index is 1680. The Morgan fingerprint density at radius 2 is 1.70 bits per heavy atom. The number of amides is 3. The van der Waals surface area contributed by atoms with Crippen LogP contribution in [0.4, 0.5) is 16.2 Å². The molecule has 0 unspecified atom stereocenters. The lowest BCUT2D eigenvalue weighted by Crippen LogP contribution is -2.48. The van der Waals surface area contributed by atoms with Crippen LogP contribution in [-0.2, 0) is 21.2 Å². The highest BCUT2D eigenvalue weighted by molar-refractivity contribution is 7.89. The molecule has 246 valence electrons. The van der Waals surface area contributed by atoms with Crippen LogP contribution in [0.15, 0.2) is 65.6 Å². The fourth-order valence-electron chi connectivity index (χ4n) is 5.27. The molecule has 0 aliphatic carbocycles. The maximum absolute atomic E-state index is 13.5. The SMILES string of the molecule is COc1ccc(S(=O)(=O)N(C)C[C@@H]2Oc3ccc(NC(=O)Nc4ccc5c(c4)OCO5)cc3CC(=O)N([C@@H](C)CO)C[C@H]2C)cc1. The first-order valence-electron chi connectivity index (χ1n) is 14.8. The zero-order valence-electron chi connectivity index (χ0n) is 26.1. The molecular formula is C32H38N4O9S. The van der Waals surface area contributed by atoms with Crippen LogP contribution < -0.4 is 29.6 Å². The molecule has 0 radical (unpaired) electrons. The van der Waals surface area contributed by atoms with Crippen molar-refractivity contribution in [2.45, 2.75) is 37.3 Å². The lowest BCUT2D eigenvalue weighted by Gasteiger charge is -2.33. The van der Waals surface area contributed by atoms with Gasteiger partial charge in [-0.25, -0.2) is 13.2 Å². The number of likely N-dealkylation sites (N-methyl/N-ethyl adjacent to an activating group) is 1. The van der Waals surface area contributed by atoms with Crippen molar-refractivity contribution in [3.05, 3.63) is 66.2 Å². The summed E-state index contributed by atoms with van der Waals surface area (Å²) in [5.74, 6) is 1.49. The van der Waals surface area contributed by atoms with Gasteiger partial charge in [0.2, 0.25) is 22.7 Å². The van der Waals surface area contributed by atoms with Gasteiger partial charge >= 0.3 is 6.03 Å². The van der Waals surface area contributed by atoms with Crippen LogP contribution in [0.1, 0.15) is 19.4 Å². The molecule has 2 aliphatic rings. The zero-order valence-corrected chi connectivity index (χ0v) is 26.9. The Labute approximate surface area is 268 Å². The highest BCUT2D eigenvalue weighted by atomic mass is 32.2. The summed E-state index contributed by atoms with van der Waals surface area (Å²) in [6, 6.07) is 15.1. The smallest absolute Gasteiger partial charge is 0.323 e. The number of hydrogen-bond donors (Lipinski definition) is 3. The van der Waals surface area contributed by atoms with Gasteiger partial charge in [-0.2, -0.15) is 4.31 Å². The minimum Gasteiger partial charge on any atom is -0.497 e. The standard InChI is InChI=1S/C32H38N4O9S/c1-20-16-36(21(2)18-37)31(38)14-22-13-23(33-32(39)34-24-6-12-28-29(15-24)44-19-43-28)5-11-27(22)45-30(20)17-35(3)46(40,41)26-9-7-25(42-4)8-10-26/h5-13,15,20-21,30,37H,14,16-19H2,1-4H3,(H2,33,34,39)/t20-,21+,30+/m1/s1. The monoisotopic (exact) mass is 654 g/mol. The third-order valence-corrected chi connectivity index (χ3v) is 9.85.